The molecule has 1 aliphatic carbocycles. The Morgan fingerprint density at radius 3 is 2.16 bits per heavy atom. The standard InChI is InChI=1S/C22H24F2N2O.C4H8/c1-3-25-11-9-22(10-12-25)14-26(19-13-15(2)7-8-16(19)22)21(27)20-17(23)5-4-6-18(20)24;1-2-4-3-1/h4-8,13H,3,9-12,14H2,1-2H3;1-4H2. The Balaban J connectivity index is 0.000000520. The molecule has 3 nitrogen and oxygen atoms in total. The molecule has 0 aromatic heterocycles. The Morgan fingerprint density at radius 1 is 1.00 bits per heavy atom. The fourth-order valence-electron chi connectivity index (χ4n) is 4.78. The van der Waals surface area contributed by atoms with Gasteiger partial charge in [0.2, 0.25) is 0 Å². The molecule has 5 heteroatoms. The highest BCUT2D eigenvalue weighted by Gasteiger charge is 2.46. The molecule has 0 radical (unpaired) electrons. The van der Waals surface area contributed by atoms with Crippen LogP contribution in [0.3, 0.4) is 0 Å². The van der Waals surface area contributed by atoms with E-state index >= 15 is 0 Å². The lowest BCUT2D eigenvalue weighted by molar-refractivity contribution is 0.0969. The lowest BCUT2D eigenvalue weighted by Gasteiger charge is -2.39. The Bertz CT molecular complexity index is 922. The first kappa shape index (κ1) is 21.9. The van der Waals surface area contributed by atoms with Crippen molar-refractivity contribution in [1.82, 2.24) is 4.90 Å². The van der Waals surface area contributed by atoms with Crippen molar-refractivity contribution in [3.8, 4) is 0 Å². The van der Waals surface area contributed by atoms with Gasteiger partial charge in [-0.05, 0) is 68.7 Å². The van der Waals surface area contributed by atoms with E-state index in [1.54, 1.807) is 4.90 Å². The highest BCUT2D eigenvalue weighted by atomic mass is 19.1. The van der Waals surface area contributed by atoms with Crippen molar-refractivity contribution in [2.45, 2.75) is 57.8 Å². The molecule has 0 unspecified atom stereocenters. The van der Waals surface area contributed by atoms with Crippen LogP contribution in [0.15, 0.2) is 36.4 Å². The average molecular weight is 427 g/mol. The number of halogens is 2. The summed E-state index contributed by atoms with van der Waals surface area (Å²) in [5.74, 6) is -2.21. The lowest BCUT2D eigenvalue weighted by atomic mass is 9.74. The van der Waals surface area contributed by atoms with E-state index in [4.69, 9.17) is 0 Å². The fraction of sp³-hybridized carbons (Fsp3) is 0.500. The van der Waals surface area contributed by atoms with Gasteiger partial charge in [0.05, 0.1) is 0 Å². The second-order valence-electron chi connectivity index (χ2n) is 9.14. The van der Waals surface area contributed by atoms with Crippen molar-refractivity contribution in [1.29, 1.82) is 0 Å². The molecule has 31 heavy (non-hydrogen) atoms. The van der Waals surface area contributed by atoms with Gasteiger partial charge in [-0.15, -0.1) is 0 Å². The smallest absolute Gasteiger partial charge is 0.264 e. The van der Waals surface area contributed by atoms with Crippen molar-refractivity contribution in [2.75, 3.05) is 31.1 Å². The minimum Gasteiger partial charge on any atom is -0.307 e. The molecule has 2 heterocycles. The van der Waals surface area contributed by atoms with E-state index in [2.05, 4.69) is 24.0 Å². The number of rotatable bonds is 2. The molecule has 1 saturated heterocycles. The molecule has 0 bridgehead atoms. The topological polar surface area (TPSA) is 23.6 Å². The number of benzene rings is 2. The Hall–Kier alpha value is -2.27. The molecule has 1 amide bonds. The maximum Gasteiger partial charge on any atom is 0.264 e. The van der Waals surface area contributed by atoms with Crippen molar-refractivity contribution in [3.05, 3.63) is 64.7 Å². The van der Waals surface area contributed by atoms with E-state index < -0.39 is 23.1 Å². The van der Waals surface area contributed by atoms with Crippen LogP contribution < -0.4 is 4.90 Å². The van der Waals surface area contributed by atoms with Gasteiger partial charge in [-0.3, -0.25) is 4.79 Å². The average Bonchev–Trinajstić information content (AvgIpc) is 3.00. The summed E-state index contributed by atoms with van der Waals surface area (Å²) in [6.45, 7) is 7.56. The number of fused-ring (bicyclic) bond motifs is 2. The number of piperidine rings is 1. The molecule has 2 fully saturated rings. The number of hydrogen-bond donors (Lipinski definition) is 0. The van der Waals surface area contributed by atoms with Gasteiger partial charge in [-0.2, -0.15) is 0 Å². The Labute approximate surface area is 184 Å². The molecule has 1 saturated carbocycles. The van der Waals surface area contributed by atoms with Crippen LogP contribution in [0, 0.1) is 18.6 Å². The van der Waals surface area contributed by atoms with E-state index in [-0.39, 0.29) is 5.41 Å². The molecule has 166 valence electrons. The largest absolute Gasteiger partial charge is 0.307 e. The SMILES string of the molecule is C1CCC1.CCN1CCC2(CC1)CN(C(=O)c1c(F)cccc1F)c1cc(C)ccc12. The fourth-order valence-corrected chi connectivity index (χ4v) is 4.78. The summed E-state index contributed by atoms with van der Waals surface area (Å²) in [6, 6.07) is 9.68. The van der Waals surface area contributed by atoms with E-state index in [0.29, 0.717) is 6.54 Å². The first-order valence-corrected chi connectivity index (χ1v) is 11.5. The normalized spacial score (nSPS) is 19.4. The highest BCUT2D eigenvalue weighted by Crippen LogP contribution is 2.48. The number of aryl methyl sites for hydroxylation is 1. The second kappa shape index (κ2) is 9.07. The molecule has 5 rings (SSSR count). The predicted molar refractivity (Wildman–Crippen MR) is 121 cm³/mol. The van der Waals surface area contributed by atoms with Gasteiger partial charge in [0.25, 0.3) is 5.91 Å². The first-order chi connectivity index (χ1) is 14.9. The zero-order valence-electron chi connectivity index (χ0n) is 18.6. The maximum atomic E-state index is 14.2. The van der Waals surface area contributed by atoms with Crippen molar-refractivity contribution < 1.29 is 13.6 Å². The van der Waals surface area contributed by atoms with Gasteiger partial charge in [-0.1, -0.05) is 50.8 Å². The number of anilines is 1. The molecular formula is C26H32F2N2O. The lowest BCUT2D eigenvalue weighted by Crippen LogP contribution is -2.46. The van der Waals surface area contributed by atoms with E-state index in [0.717, 1.165) is 61.4 Å². The predicted octanol–water partition coefficient (Wildman–Crippen LogP) is 5.85. The van der Waals surface area contributed by atoms with Crippen LogP contribution in [-0.4, -0.2) is 37.0 Å². The minimum atomic E-state index is -0.809. The maximum absolute atomic E-state index is 14.2. The third-order valence-electron chi connectivity index (χ3n) is 7.16. The summed E-state index contributed by atoms with van der Waals surface area (Å²) in [6.07, 6.45) is 7.89. The molecular weight excluding hydrogens is 394 g/mol. The van der Waals surface area contributed by atoms with Crippen LogP contribution in [0.25, 0.3) is 0 Å². The Kier molecular flexibility index (Phi) is 6.42. The first-order valence-electron chi connectivity index (χ1n) is 11.5. The quantitative estimate of drug-likeness (QED) is 0.602. The van der Waals surface area contributed by atoms with Gasteiger partial charge < -0.3 is 9.80 Å². The van der Waals surface area contributed by atoms with Crippen LogP contribution in [0.2, 0.25) is 0 Å². The van der Waals surface area contributed by atoms with Crippen LogP contribution >= 0.6 is 0 Å². The zero-order chi connectivity index (χ0) is 22.0. The number of hydrogen-bond acceptors (Lipinski definition) is 2. The van der Waals surface area contributed by atoms with Crippen LogP contribution in [0.4, 0.5) is 14.5 Å². The summed E-state index contributed by atoms with van der Waals surface area (Å²) in [7, 11) is 0. The van der Waals surface area contributed by atoms with Gasteiger partial charge in [0.15, 0.2) is 0 Å². The minimum absolute atomic E-state index is 0.133. The van der Waals surface area contributed by atoms with Crippen molar-refractivity contribution >= 4 is 11.6 Å². The zero-order valence-corrected chi connectivity index (χ0v) is 18.6. The number of likely N-dealkylation sites (tertiary alicyclic amines) is 1. The van der Waals surface area contributed by atoms with Gasteiger partial charge in [0, 0.05) is 17.6 Å². The van der Waals surface area contributed by atoms with Crippen molar-refractivity contribution in [3.63, 3.8) is 0 Å². The molecule has 2 aromatic rings. The monoisotopic (exact) mass is 426 g/mol. The van der Waals surface area contributed by atoms with Crippen LogP contribution in [0.1, 0.15) is 66.9 Å². The van der Waals surface area contributed by atoms with Crippen molar-refractivity contribution in [2.24, 2.45) is 0 Å². The van der Waals surface area contributed by atoms with Gasteiger partial charge in [-0.25, -0.2) is 8.78 Å². The summed E-state index contributed by atoms with van der Waals surface area (Å²) < 4.78 is 28.5. The highest BCUT2D eigenvalue weighted by molar-refractivity contribution is 6.08. The van der Waals surface area contributed by atoms with Crippen LogP contribution in [0.5, 0.6) is 0 Å². The molecule has 0 N–H and O–H groups in total. The van der Waals surface area contributed by atoms with Gasteiger partial charge >= 0.3 is 0 Å². The second-order valence-corrected chi connectivity index (χ2v) is 9.14. The van der Waals surface area contributed by atoms with E-state index in [1.165, 1.54) is 31.7 Å². The Morgan fingerprint density at radius 2 is 1.61 bits per heavy atom. The third kappa shape index (κ3) is 4.25. The number of amides is 1. The molecule has 1 spiro atoms. The number of carbonyl (C=O) groups is 1. The van der Waals surface area contributed by atoms with Gasteiger partial charge in [0.1, 0.15) is 17.2 Å². The number of nitrogens with zero attached hydrogens (tertiary/aromatic N) is 2. The summed E-state index contributed by atoms with van der Waals surface area (Å²) in [4.78, 5) is 17.1. The van der Waals surface area contributed by atoms with E-state index in [9.17, 15) is 13.6 Å². The van der Waals surface area contributed by atoms with E-state index in [1.807, 2.05) is 13.0 Å². The molecule has 2 aromatic carbocycles. The van der Waals surface area contributed by atoms with Crippen LogP contribution in [-0.2, 0) is 5.41 Å². The molecule has 3 aliphatic rings. The third-order valence-corrected chi connectivity index (χ3v) is 7.16. The summed E-state index contributed by atoms with van der Waals surface area (Å²) in [5, 5.41) is 0. The molecule has 0 atom stereocenters. The molecule has 2 aliphatic heterocycles. The number of carbonyl (C=O) groups excluding carboxylic acids is 1. The summed E-state index contributed by atoms with van der Waals surface area (Å²) >= 11 is 0. The summed E-state index contributed by atoms with van der Waals surface area (Å²) in [5.41, 5.74) is 2.37.